The maximum atomic E-state index is 14.2. The van der Waals surface area contributed by atoms with E-state index in [4.69, 9.17) is 44.7 Å². The summed E-state index contributed by atoms with van der Waals surface area (Å²) in [6.45, 7) is 8.08. The van der Waals surface area contributed by atoms with E-state index >= 15 is 0 Å². The Morgan fingerprint density at radius 2 is 1.11 bits per heavy atom. The number of ether oxygens (including phenoxy) is 6. The smallest absolute Gasteiger partial charge is 0.414 e. The highest BCUT2D eigenvalue weighted by Crippen LogP contribution is 2.30. The van der Waals surface area contributed by atoms with Crippen LogP contribution >= 0.6 is 79.6 Å². The number of nitrogens with one attached hydrogen (secondary N) is 4. The number of hydrogen-bond acceptors (Lipinski definition) is 17. The first-order chi connectivity index (χ1) is 44.5. The summed E-state index contributed by atoms with van der Waals surface area (Å²) in [6, 6.07) is 25.9. The molecule has 0 aliphatic carbocycles. The normalized spacial score (nSPS) is 16.2. The average molecular weight is 1630 g/mol. The predicted molar refractivity (Wildman–Crippen MR) is 357 cm³/mol. The van der Waals surface area contributed by atoms with Gasteiger partial charge in [-0.2, -0.15) is 0 Å². The Kier molecular flexibility index (Phi) is 33.0. The number of nitrogens with zero attached hydrogens (tertiary/aromatic N) is 3. The number of piperazine rings is 1. The fourth-order valence-electron chi connectivity index (χ4n) is 8.07. The van der Waals surface area contributed by atoms with Gasteiger partial charge in [-0.1, -0.05) is 12.7 Å². The number of aliphatic hydroxyl groups excluding tert-OH is 3. The molecule has 0 aromatic heterocycles. The summed E-state index contributed by atoms with van der Waals surface area (Å²) in [7, 11) is 1.54. The highest BCUT2D eigenvalue weighted by Gasteiger charge is 2.35. The lowest BCUT2D eigenvalue weighted by molar-refractivity contribution is 0.150. The average Bonchev–Trinajstić information content (AvgIpc) is 1.76. The number of nitrogen functional groups attached to an aromatic ring is 1. The van der Waals surface area contributed by atoms with Gasteiger partial charge in [0.05, 0.1) is 84.0 Å². The van der Waals surface area contributed by atoms with E-state index in [1.165, 1.54) is 70.5 Å². The van der Waals surface area contributed by atoms with Gasteiger partial charge < -0.3 is 65.0 Å². The third-order valence-corrected chi connectivity index (χ3v) is 16.0. The molecule has 504 valence electrons. The summed E-state index contributed by atoms with van der Waals surface area (Å²) < 4.78 is 110. The number of epoxide rings is 1. The molecule has 21 nitrogen and oxygen atoms in total. The summed E-state index contributed by atoms with van der Waals surface area (Å²) >= 11 is 15.1. The number of anilines is 7. The first-order valence-corrected chi connectivity index (χ1v) is 31.8. The molecule has 4 amide bonds. The first kappa shape index (κ1) is 77.0. The van der Waals surface area contributed by atoms with Gasteiger partial charge in [0.2, 0.25) is 0 Å². The Morgan fingerprint density at radius 1 is 0.645 bits per heavy atom. The maximum Gasteiger partial charge on any atom is 0.414 e. The molecule has 32 heteroatoms. The van der Waals surface area contributed by atoms with Gasteiger partial charge in [-0.05, 0) is 195 Å². The number of amides is 4. The van der Waals surface area contributed by atoms with Crippen molar-refractivity contribution in [3.05, 3.63) is 179 Å². The van der Waals surface area contributed by atoms with Crippen LogP contribution in [0, 0.1) is 34.9 Å². The number of cyclic esters (lactones) is 2. The van der Waals surface area contributed by atoms with Gasteiger partial charge >= 0.3 is 24.4 Å². The van der Waals surface area contributed by atoms with E-state index in [0.717, 1.165) is 26.2 Å². The van der Waals surface area contributed by atoms with Crippen LogP contribution in [0.1, 0.15) is 6.42 Å². The number of aliphatic hydroxyl groups is 3. The number of nitrogens with two attached hydrogens (primary N) is 1. The summed E-state index contributed by atoms with van der Waals surface area (Å²) in [5.41, 5.74) is 8.47. The lowest BCUT2D eigenvalue weighted by atomic mass is 10.2. The van der Waals surface area contributed by atoms with Crippen LogP contribution in [0.4, 0.5) is 85.3 Å². The minimum atomic E-state index is -0.642. The third kappa shape index (κ3) is 25.8. The maximum absolute atomic E-state index is 14.2. The lowest BCUT2D eigenvalue weighted by Gasteiger charge is -2.30. The van der Waals surface area contributed by atoms with Gasteiger partial charge in [-0.15, -0.1) is 0 Å². The Balaban J connectivity index is 0.000000205. The summed E-state index contributed by atoms with van der Waals surface area (Å²) in [6.07, 6.45) is -0.407. The van der Waals surface area contributed by atoms with Gasteiger partial charge in [0.25, 0.3) is 0 Å². The minimum Gasteiger partial charge on any atom is -0.447 e. The van der Waals surface area contributed by atoms with Crippen LogP contribution in [0.2, 0.25) is 0 Å². The Hall–Kier alpha value is -6.72. The first-order valence-electron chi connectivity index (χ1n) is 27.8. The van der Waals surface area contributed by atoms with Crippen LogP contribution in [0.15, 0.2) is 144 Å². The molecule has 4 heterocycles. The van der Waals surface area contributed by atoms with Crippen LogP contribution in [0.25, 0.3) is 0 Å². The zero-order chi connectivity index (χ0) is 68.1. The van der Waals surface area contributed by atoms with Crippen molar-refractivity contribution in [1.82, 2.24) is 5.32 Å². The second kappa shape index (κ2) is 39.9. The lowest BCUT2D eigenvalue weighted by Crippen LogP contribution is -2.43. The second-order valence-electron chi connectivity index (χ2n) is 19.6. The Bertz CT molecular complexity index is 3440. The van der Waals surface area contributed by atoms with Crippen LogP contribution < -0.4 is 41.7 Å². The number of benzene rings is 6. The molecule has 4 fully saturated rings. The van der Waals surface area contributed by atoms with Crippen molar-refractivity contribution in [3.63, 3.8) is 0 Å². The van der Waals surface area contributed by atoms with Gasteiger partial charge in [0.1, 0.15) is 67.4 Å². The van der Waals surface area contributed by atoms with Crippen molar-refractivity contribution in [1.29, 1.82) is 0 Å². The molecule has 10 rings (SSSR count). The van der Waals surface area contributed by atoms with Crippen molar-refractivity contribution < 1.29 is 89.3 Å². The molecule has 93 heavy (non-hydrogen) atoms. The molecule has 4 saturated heterocycles. The highest BCUT2D eigenvalue weighted by molar-refractivity contribution is 9.11. The summed E-state index contributed by atoms with van der Waals surface area (Å²) in [5, 5.41) is 38.1. The molecule has 4 aliphatic rings. The van der Waals surface area contributed by atoms with E-state index in [0.29, 0.717) is 81.8 Å². The van der Waals surface area contributed by atoms with E-state index in [9.17, 15) is 45.5 Å². The van der Waals surface area contributed by atoms with Crippen LogP contribution in [0.5, 0.6) is 0 Å². The van der Waals surface area contributed by atoms with Crippen molar-refractivity contribution in [3.8, 4) is 0 Å². The molecule has 6 aromatic carbocycles. The second-order valence-corrected chi connectivity index (χ2v) is 23.9. The molecule has 0 bridgehead atoms. The molecule has 9 N–H and O–H groups in total. The quantitative estimate of drug-likeness (QED) is 0.0139. The number of carbonyl (C=O) groups is 4. The SMILES string of the molecule is C=CCOC(=O)Nc1ccc(Br)c(F)c1.COCC1COC(=O)N1c1ccc(Br)c(F)c1.Nc1ccc(Br)c(F)c1.O=C(Nc1ccc(Br)c(F)c1)OCC1CO1.O=C1OCC(CO)N1c1ccc(Br)c(F)c1.OCCC(CO)Nc1ccc(N2CCNCC2)c(F)c1. The van der Waals surface area contributed by atoms with Gasteiger partial charge in [0, 0.05) is 62.6 Å². The van der Waals surface area contributed by atoms with Gasteiger partial charge in [-0.3, -0.25) is 20.4 Å². The molecule has 4 aliphatic heterocycles. The van der Waals surface area contributed by atoms with E-state index in [-0.39, 0.29) is 76.1 Å². The fourth-order valence-corrected chi connectivity index (χ4v) is 9.30. The van der Waals surface area contributed by atoms with Crippen LogP contribution in [-0.2, 0) is 28.4 Å². The number of halogens is 11. The fraction of sp³-hybridized carbons (Fsp3) is 0.311. The monoisotopic (exact) mass is 1630 g/mol. The van der Waals surface area contributed by atoms with E-state index < -0.39 is 53.7 Å². The van der Waals surface area contributed by atoms with E-state index in [1.807, 2.05) is 4.90 Å². The van der Waals surface area contributed by atoms with Crippen molar-refractivity contribution in [2.75, 3.05) is 129 Å². The predicted octanol–water partition coefficient (Wildman–Crippen LogP) is 12.9. The van der Waals surface area contributed by atoms with E-state index in [2.05, 4.69) is 112 Å². The van der Waals surface area contributed by atoms with Crippen molar-refractivity contribution in [2.24, 2.45) is 0 Å². The number of carbonyl (C=O) groups excluding carboxylic acids is 4. The topological polar surface area (TPSA) is 272 Å². The molecule has 6 aromatic rings. The third-order valence-electron chi connectivity index (χ3n) is 12.7. The van der Waals surface area contributed by atoms with Gasteiger partial charge in [-0.25, -0.2) is 45.5 Å². The molecular weight excluding hydrogens is 1570 g/mol. The zero-order valence-electron chi connectivity index (χ0n) is 49.4. The minimum absolute atomic E-state index is 0.0143. The molecule has 0 saturated carbocycles. The highest BCUT2D eigenvalue weighted by atomic mass is 79.9. The van der Waals surface area contributed by atoms with Crippen LogP contribution in [-0.4, -0.2) is 157 Å². The van der Waals surface area contributed by atoms with Crippen molar-refractivity contribution in [2.45, 2.75) is 30.7 Å². The van der Waals surface area contributed by atoms with Crippen molar-refractivity contribution >= 4 is 144 Å². The molecular formula is C61H65Br5F6N8O13. The Labute approximate surface area is 573 Å². The zero-order valence-corrected chi connectivity index (χ0v) is 57.3. The number of hydrogen-bond donors (Lipinski definition) is 8. The molecule has 4 atom stereocenters. The Morgan fingerprint density at radius 3 is 1.55 bits per heavy atom. The molecule has 0 spiro atoms. The van der Waals surface area contributed by atoms with Crippen LogP contribution in [0.3, 0.4) is 0 Å². The summed E-state index contributed by atoms with van der Waals surface area (Å²) in [5.74, 6) is -2.36. The number of methoxy groups -OCH3 is 1. The molecule has 4 unspecified atom stereocenters. The molecule has 0 radical (unpaired) electrons. The number of rotatable bonds is 17. The standard InChI is InChI=1S/C14H22FN3O2.C11H11BrFNO3.2C10H9BrFNO3.C10H9BrFNO2.C6H5BrFN/c15-13-9-11(17-12(10-20)3-8-19)1-2-14(13)18-6-4-16-5-7-18;1-16-5-8-6-17-11(15)14(8)7-2-3-9(12)10(13)4-7;11-8-2-1-6(3-9(8)12)13-10(14)16-5-7-4-15-7;11-8-2-1-6(3-9(8)12)13-7(4-14)5-16-10(13)15;1-2-5-15-10(14)13-7-3-4-8(11)9(12)6-7;7-5-2-1-4(9)3-6(5)8/h1-2,9,12,16-17,19-20H,3-8,10H2;2-4,8H,5-6H2,1H3;1-3,7H,4-5H2,(H,13,14);1-3,7,14H,4-5H2;2-4,6H,1,5H2,(H,13,14);1-3H,9H2. The largest absolute Gasteiger partial charge is 0.447 e. The van der Waals surface area contributed by atoms with E-state index in [1.54, 1.807) is 61.7 Å². The van der Waals surface area contributed by atoms with Gasteiger partial charge in [0.15, 0.2) is 0 Å². The summed E-state index contributed by atoms with van der Waals surface area (Å²) in [4.78, 5) is 49.9.